The lowest BCUT2D eigenvalue weighted by atomic mass is 9.81. The minimum Gasteiger partial charge on any atom is -0.411 e. The zero-order valence-electron chi connectivity index (χ0n) is 12.7. The van der Waals surface area contributed by atoms with Gasteiger partial charge in [-0.2, -0.15) is 0 Å². The molecule has 1 heterocycles. The van der Waals surface area contributed by atoms with Crippen molar-refractivity contribution in [3.63, 3.8) is 0 Å². The van der Waals surface area contributed by atoms with E-state index in [2.05, 4.69) is 17.4 Å². The summed E-state index contributed by atoms with van der Waals surface area (Å²) < 4.78 is 0. The van der Waals surface area contributed by atoms with E-state index < -0.39 is 0 Å². The van der Waals surface area contributed by atoms with E-state index in [1.807, 2.05) is 48.5 Å². The fraction of sp³-hybridized carbons (Fsp3) is 0.278. The Bertz CT molecular complexity index is 698. The van der Waals surface area contributed by atoms with E-state index in [9.17, 15) is 5.21 Å². The molecule has 23 heavy (non-hydrogen) atoms. The molecule has 3 atom stereocenters. The molecule has 1 fully saturated rings. The van der Waals surface area contributed by atoms with Crippen molar-refractivity contribution in [2.24, 2.45) is 11.1 Å². The van der Waals surface area contributed by atoms with Crippen LogP contribution in [0.2, 0.25) is 10.0 Å². The number of halogens is 2. The molecule has 1 saturated heterocycles. The highest BCUT2D eigenvalue weighted by Crippen LogP contribution is 2.35. The van der Waals surface area contributed by atoms with E-state index in [-0.39, 0.29) is 18.0 Å². The predicted molar refractivity (Wildman–Crippen MR) is 94.5 cm³/mol. The topological polar surface area (TPSA) is 44.6 Å². The van der Waals surface area contributed by atoms with Crippen LogP contribution >= 0.6 is 23.2 Å². The van der Waals surface area contributed by atoms with Crippen LogP contribution in [0, 0.1) is 5.92 Å². The molecule has 0 amide bonds. The summed E-state index contributed by atoms with van der Waals surface area (Å²) in [6.45, 7) is 2.07. The van der Waals surface area contributed by atoms with Gasteiger partial charge in [-0.1, -0.05) is 59.5 Å². The maximum Gasteiger partial charge on any atom is 0.0636 e. The highest BCUT2D eigenvalue weighted by atomic mass is 35.5. The van der Waals surface area contributed by atoms with Crippen molar-refractivity contribution in [2.75, 3.05) is 0 Å². The Morgan fingerprint density at radius 2 is 1.48 bits per heavy atom. The van der Waals surface area contributed by atoms with E-state index >= 15 is 0 Å². The van der Waals surface area contributed by atoms with Crippen LogP contribution in [0.5, 0.6) is 0 Å². The summed E-state index contributed by atoms with van der Waals surface area (Å²) in [6.07, 6.45) is 0.670. The van der Waals surface area contributed by atoms with Crippen molar-refractivity contribution >= 4 is 28.9 Å². The summed E-state index contributed by atoms with van der Waals surface area (Å²) in [7, 11) is 0. The van der Waals surface area contributed by atoms with Gasteiger partial charge in [0.25, 0.3) is 0 Å². The van der Waals surface area contributed by atoms with Crippen LogP contribution < -0.4 is 5.32 Å². The number of hydrogen-bond donors (Lipinski definition) is 2. The van der Waals surface area contributed by atoms with Crippen LogP contribution in [-0.2, 0) is 0 Å². The second-order valence-electron chi connectivity index (χ2n) is 5.88. The molecule has 5 heteroatoms. The van der Waals surface area contributed by atoms with Crippen LogP contribution in [0.15, 0.2) is 53.7 Å². The Kier molecular flexibility index (Phi) is 4.90. The van der Waals surface area contributed by atoms with Gasteiger partial charge in [-0.05, 0) is 35.4 Å². The van der Waals surface area contributed by atoms with Crippen molar-refractivity contribution < 1.29 is 5.21 Å². The minimum absolute atomic E-state index is 0.0626. The van der Waals surface area contributed by atoms with Gasteiger partial charge in [0, 0.05) is 34.5 Å². The molecular weight excluding hydrogens is 331 g/mol. The quantitative estimate of drug-likeness (QED) is 0.576. The van der Waals surface area contributed by atoms with Crippen molar-refractivity contribution in [3.05, 3.63) is 69.7 Å². The third-order valence-electron chi connectivity index (χ3n) is 4.45. The summed E-state index contributed by atoms with van der Waals surface area (Å²) in [4.78, 5) is 0. The lowest BCUT2D eigenvalue weighted by Gasteiger charge is -2.37. The average Bonchev–Trinajstić information content (AvgIpc) is 2.57. The van der Waals surface area contributed by atoms with Gasteiger partial charge in [-0.15, -0.1) is 0 Å². The summed E-state index contributed by atoms with van der Waals surface area (Å²) >= 11 is 12.0. The van der Waals surface area contributed by atoms with Crippen molar-refractivity contribution in [1.82, 2.24) is 5.32 Å². The van der Waals surface area contributed by atoms with Crippen LogP contribution in [0.1, 0.15) is 36.6 Å². The Balaban J connectivity index is 1.92. The molecule has 3 nitrogen and oxygen atoms in total. The molecule has 0 unspecified atom stereocenters. The number of hydrogen-bond acceptors (Lipinski definition) is 3. The number of nitrogens with zero attached hydrogens (tertiary/aromatic N) is 1. The first kappa shape index (κ1) is 16.3. The second-order valence-corrected chi connectivity index (χ2v) is 6.76. The largest absolute Gasteiger partial charge is 0.411 e. The third-order valence-corrected chi connectivity index (χ3v) is 4.95. The summed E-state index contributed by atoms with van der Waals surface area (Å²) in [5.74, 6) is 0.102. The lowest BCUT2D eigenvalue weighted by Crippen LogP contribution is -2.41. The van der Waals surface area contributed by atoms with Gasteiger partial charge in [0.05, 0.1) is 5.71 Å². The lowest BCUT2D eigenvalue weighted by molar-refractivity contribution is 0.294. The molecule has 0 spiro atoms. The average molecular weight is 349 g/mol. The molecule has 120 valence electrons. The first-order valence-corrected chi connectivity index (χ1v) is 8.32. The summed E-state index contributed by atoms with van der Waals surface area (Å²) in [5.41, 5.74) is 3.05. The van der Waals surface area contributed by atoms with Gasteiger partial charge >= 0.3 is 0 Å². The molecule has 0 aromatic heterocycles. The number of oxime groups is 1. The fourth-order valence-electron chi connectivity index (χ4n) is 3.10. The van der Waals surface area contributed by atoms with Gasteiger partial charge in [-0.25, -0.2) is 0 Å². The third kappa shape index (κ3) is 3.52. The number of rotatable bonds is 2. The molecule has 2 aromatic rings. The molecule has 3 rings (SSSR count). The van der Waals surface area contributed by atoms with Gasteiger partial charge in [0.1, 0.15) is 0 Å². The first-order valence-electron chi connectivity index (χ1n) is 7.56. The first-order chi connectivity index (χ1) is 11.1. The smallest absolute Gasteiger partial charge is 0.0636 e. The number of benzene rings is 2. The molecule has 1 aliphatic heterocycles. The molecule has 0 bridgehead atoms. The van der Waals surface area contributed by atoms with Gasteiger partial charge < -0.3 is 10.5 Å². The zero-order chi connectivity index (χ0) is 16.4. The van der Waals surface area contributed by atoms with Crippen LogP contribution in [0.3, 0.4) is 0 Å². The molecule has 0 radical (unpaired) electrons. The molecule has 0 saturated carbocycles. The second kappa shape index (κ2) is 6.91. The van der Waals surface area contributed by atoms with E-state index in [4.69, 9.17) is 23.2 Å². The van der Waals surface area contributed by atoms with Crippen LogP contribution in [-0.4, -0.2) is 10.9 Å². The van der Waals surface area contributed by atoms with E-state index in [1.165, 1.54) is 0 Å². The highest BCUT2D eigenvalue weighted by Gasteiger charge is 2.33. The van der Waals surface area contributed by atoms with E-state index in [0.717, 1.165) is 16.8 Å². The summed E-state index contributed by atoms with van der Waals surface area (Å²) in [6, 6.07) is 15.7. The van der Waals surface area contributed by atoms with E-state index in [1.54, 1.807) is 0 Å². The maximum absolute atomic E-state index is 9.40. The SMILES string of the molecule is C[C@@H]1/C(=N/O)C[C@H](c2ccc(Cl)cc2)N[C@@H]1c1ccc(Cl)cc1. The standard InChI is InChI=1S/C18H18Cl2N2O/c1-11-16(22-23)10-17(12-2-6-14(19)7-3-12)21-18(11)13-4-8-15(20)9-5-13/h2-9,11,17-18,21,23H,10H2,1H3/b22-16+/t11-,17-,18+/m1/s1. The summed E-state index contributed by atoms with van der Waals surface area (Å²) in [5, 5.41) is 18.0. The zero-order valence-corrected chi connectivity index (χ0v) is 14.2. The van der Waals surface area contributed by atoms with Crippen molar-refractivity contribution in [2.45, 2.75) is 25.4 Å². The molecule has 0 aliphatic carbocycles. The van der Waals surface area contributed by atoms with Gasteiger partial charge in [0.2, 0.25) is 0 Å². The highest BCUT2D eigenvalue weighted by molar-refractivity contribution is 6.30. The van der Waals surface area contributed by atoms with Crippen molar-refractivity contribution in [1.29, 1.82) is 0 Å². The Morgan fingerprint density at radius 1 is 0.957 bits per heavy atom. The number of piperidine rings is 1. The Labute approximate surface area is 145 Å². The van der Waals surface area contributed by atoms with E-state index in [0.29, 0.717) is 16.5 Å². The van der Waals surface area contributed by atoms with Gasteiger partial charge in [0.15, 0.2) is 0 Å². The Hall–Kier alpha value is -1.55. The maximum atomic E-state index is 9.40. The van der Waals surface area contributed by atoms with Crippen LogP contribution in [0.4, 0.5) is 0 Å². The molecular formula is C18H18Cl2N2O. The van der Waals surface area contributed by atoms with Gasteiger partial charge in [-0.3, -0.25) is 0 Å². The fourth-order valence-corrected chi connectivity index (χ4v) is 3.36. The molecule has 1 aliphatic rings. The Morgan fingerprint density at radius 3 is 2.00 bits per heavy atom. The number of nitrogens with one attached hydrogen (secondary N) is 1. The van der Waals surface area contributed by atoms with Crippen LogP contribution in [0.25, 0.3) is 0 Å². The normalized spacial score (nSPS) is 26.4. The predicted octanol–water partition coefficient (Wildman–Crippen LogP) is 5.24. The van der Waals surface area contributed by atoms with Crippen molar-refractivity contribution in [3.8, 4) is 0 Å². The molecule has 2 N–H and O–H groups in total. The minimum atomic E-state index is 0.0626. The molecule has 2 aromatic carbocycles. The monoisotopic (exact) mass is 348 g/mol.